The highest BCUT2D eigenvalue weighted by Crippen LogP contribution is 2.30. The molecule has 11 heteroatoms. The highest BCUT2D eigenvalue weighted by atomic mass is 35.5. The van der Waals surface area contributed by atoms with Gasteiger partial charge in [-0.2, -0.15) is 10.2 Å². The molecule has 0 aliphatic heterocycles. The Labute approximate surface area is 229 Å². The minimum atomic E-state index is -1.01. The van der Waals surface area contributed by atoms with E-state index in [1.54, 1.807) is 17.1 Å². The van der Waals surface area contributed by atoms with Gasteiger partial charge in [0.25, 0.3) is 5.91 Å². The van der Waals surface area contributed by atoms with Crippen LogP contribution in [0.4, 0.5) is 10.6 Å². The Bertz CT molecular complexity index is 1150. The van der Waals surface area contributed by atoms with Gasteiger partial charge in [0.15, 0.2) is 5.82 Å². The van der Waals surface area contributed by atoms with Crippen LogP contribution in [0, 0.1) is 16.7 Å². The van der Waals surface area contributed by atoms with Gasteiger partial charge in [-0.05, 0) is 49.4 Å². The van der Waals surface area contributed by atoms with E-state index >= 15 is 0 Å². The molecule has 0 saturated heterocycles. The normalized spacial score (nSPS) is 14.7. The molecule has 0 radical (unpaired) electrons. The molecule has 1 saturated carbocycles. The third kappa shape index (κ3) is 8.04. The van der Waals surface area contributed by atoms with Crippen molar-refractivity contribution in [3.8, 4) is 6.07 Å². The Morgan fingerprint density at radius 1 is 1.24 bits per heavy atom. The van der Waals surface area contributed by atoms with Crippen LogP contribution in [0.15, 0.2) is 30.5 Å². The second-order valence-corrected chi connectivity index (χ2v) is 11.2. The third-order valence-corrected chi connectivity index (χ3v) is 7.04. The predicted octanol–water partition coefficient (Wildman–Crippen LogP) is 4.60. The number of anilines is 1. The first kappa shape index (κ1) is 29.1. The average Bonchev–Trinajstić information content (AvgIpc) is 3.40. The molecule has 1 unspecified atom stereocenters. The summed E-state index contributed by atoms with van der Waals surface area (Å²) >= 11 is 6.35. The summed E-state index contributed by atoms with van der Waals surface area (Å²) in [5.74, 6) is 0.0168. The Morgan fingerprint density at radius 3 is 2.47 bits per heavy atom. The van der Waals surface area contributed by atoms with Gasteiger partial charge in [0, 0.05) is 24.7 Å². The number of benzene rings is 1. The van der Waals surface area contributed by atoms with Gasteiger partial charge in [0.1, 0.15) is 11.1 Å². The number of carbonyl (C=O) groups excluding carboxylic acids is 1. The first-order valence-corrected chi connectivity index (χ1v) is 13.2. The van der Waals surface area contributed by atoms with E-state index in [2.05, 4.69) is 25.6 Å². The van der Waals surface area contributed by atoms with Crippen LogP contribution in [0.2, 0.25) is 5.02 Å². The van der Waals surface area contributed by atoms with Crippen LogP contribution in [0.1, 0.15) is 74.6 Å². The van der Waals surface area contributed by atoms with Crippen molar-refractivity contribution in [2.75, 3.05) is 18.6 Å². The first-order chi connectivity index (χ1) is 18.0. The van der Waals surface area contributed by atoms with Gasteiger partial charge in [0.2, 0.25) is 5.82 Å². The van der Waals surface area contributed by atoms with Crippen LogP contribution in [0.5, 0.6) is 0 Å². The standard InChI is InChI=1S/C27H36ClN7O3/c1-27(2,3)22(31-26(37)38)13-14-34(4)17-18-9-11-19(12-10-18)25(36)33-35(20-7-5-6-8-20)24-21(28)16-30-23(15-29)32-24/h9-12,16,20,22,31H,5-8,13-14,17H2,1-4H3,(H,33,36)(H,37,38). The number of carboxylic acid groups (broad SMARTS) is 1. The zero-order valence-electron chi connectivity index (χ0n) is 22.4. The third-order valence-electron chi connectivity index (χ3n) is 6.78. The molecule has 1 atom stereocenters. The number of nitriles is 1. The molecule has 1 aromatic carbocycles. The molecule has 1 heterocycles. The van der Waals surface area contributed by atoms with Crippen LogP contribution in [0.25, 0.3) is 0 Å². The highest BCUT2D eigenvalue weighted by molar-refractivity contribution is 6.32. The van der Waals surface area contributed by atoms with Crippen molar-refractivity contribution in [1.82, 2.24) is 25.6 Å². The molecule has 204 valence electrons. The number of halogens is 1. The molecule has 1 fully saturated rings. The van der Waals surface area contributed by atoms with Gasteiger partial charge >= 0.3 is 6.09 Å². The van der Waals surface area contributed by atoms with Gasteiger partial charge in [-0.15, -0.1) is 0 Å². The smallest absolute Gasteiger partial charge is 0.404 e. The maximum atomic E-state index is 13.2. The first-order valence-electron chi connectivity index (χ1n) is 12.8. The molecule has 38 heavy (non-hydrogen) atoms. The number of hydrogen-bond acceptors (Lipinski definition) is 7. The number of carbonyl (C=O) groups is 2. The summed E-state index contributed by atoms with van der Waals surface area (Å²) in [5.41, 5.74) is 4.29. The van der Waals surface area contributed by atoms with E-state index in [9.17, 15) is 14.9 Å². The molecule has 0 spiro atoms. The molecule has 2 amide bonds. The summed E-state index contributed by atoms with van der Waals surface area (Å²) in [7, 11) is 1.99. The lowest BCUT2D eigenvalue weighted by atomic mass is 9.85. The Balaban J connectivity index is 1.65. The monoisotopic (exact) mass is 541 g/mol. The Kier molecular flexibility index (Phi) is 9.89. The van der Waals surface area contributed by atoms with E-state index < -0.39 is 6.09 Å². The van der Waals surface area contributed by atoms with Crippen molar-refractivity contribution in [2.45, 2.75) is 71.5 Å². The molecule has 3 N–H and O–H groups in total. The maximum absolute atomic E-state index is 13.2. The number of amides is 2. The number of hydrogen-bond donors (Lipinski definition) is 3. The zero-order chi connectivity index (χ0) is 27.9. The molecule has 1 aromatic heterocycles. The van der Waals surface area contributed by atoms with Crippen molar-refractivity contribution in [1.29, 1.82) is 5.26 Å². The van der Waals surface area contributed by atoms with E-state index in [0.29, 0.717) is 30.9 Å². The van der Waals surface area contributed by atoms with Crippen LogP contribution in [0.3, 0.4) is 0 Å². The molecule has 10 nitrogen and oxygen atoms in total. The number of nitrogens with one attached hydrogen (secondary N) is 2. The summed E-state index contributed by atoms with van der Waals surface area (Å²) < 4.78 is 0. The van der Waals surface area contributed by atoms with Crippen molar-refractivity contribution >= 4 is 29.4 Å². The lowest BCUT2D eigenvalue weighted by Crippen LogP contribution is -2.48. The lowest BCUT2D eigenvalue weighted by Gasteiger charge is -2.32. The van der Waals surface area contributed by atoms with Gasteiger partial charge in [0.05, 0.1) is 12.2 Å². The van der Waals surface area contributed by atoms with Gasteiger partial charge < -0.3 is 15.3 Å². The minimum absolute atomic E-state index is 0.0114. The topological polar surface area (TPSA) is 134 Å². The van der Waals surface area contributed by atoms with E-state index in [1.165, 1.54) is 6.20 Å². The molecule has 1 aliphatic carbocycles. The van der Waals surface area contributed by atoms with Crippen molar-refractivity contribution in [3.63, 3.8) is 0 Å². The van der Waals surface area contributed by atoms with Gasteiger partial charge in [-0.1, -0.05) is 57.3 Å². The quantitative estimate of drug-likeness (QED) is 0.371. The Hall–Kier alpha value is -3.42. The van der Waals surface area contributed by atoms with E-state index in [0.717, 1.165) is 31.2 Å². The maximum Gasteiger partial charge on any atom is 0.404 e. The summed E-state index contributed by atoms with van der Waals surface area (Å²) in [6.45, 7) is 7.43. The molecular formula is C27H36ClN7O3. The summed E-state index contributed by atoms with van der Waals surface area (Å²) in [4.78, 5) is 34.6. The van der Waals surface area contributed by atoms with E-state index in [4.69, 9.17) is 16.7 Å². The summed E-state index contributed by atoms with van der Waals surface area (Å²) in [6, 6.07) is 9.16. The number of hydrazine groups is 1. The van der Waals surface area contributed by atoms with Crippen LogP contribution < -0.4 is 15.8 Å². The lowest BCUT2D eigenvalue weighted by molar-refractivity contribution is 0.0943. The SMILES string of the molecule is CN(CCC(NC(=O)O)C(C)(C)C)Cc1ccc(C(=O)NN(c2nc(C#N)ncc2Cl)C2CCCC2)cc1. The summed E-state index contributed by atoms with van der Waals surface area (Å²) in [6.07, 6.45) is 4.89. The van der Waals surface area contributed by atoms with E-state index in [-0.39, 0.29) is 34.3 Å². The van der Waals surface area contributed by atoms with Crippen LogP contribution in [-0.4, -0.2) is 57.7 Å². The largest absolute Gasteiger partial charge is 0.465 e. The minimum Gasteiger partial charge on any atom is -0.465 e. The van der Waals surface area contributed by atoms with Crippen LogP contribution in [-0.2, 0) is 6.54 Å². The zero-order valence-corrected chi connectivity index (χ0v) is 23.1. The van der Waals surface area contributed by atoms with Gasteiger partial charge in [-0.3, -0.25) is 15.2 Å². The number of nitrogens with zero attached hydrogens (tertiary/aromatic N) is 5. The molecule has 2 aromatic rings. The molecule has 1 aliphatic rings. The average molecular weight is 542 g/mol. The molecule has 0 bridgehead atoms. The fourth-order valence-electron chi connectivity index (χ4n) is 4.61. The van der Waals surface area contributed by atoms with Crippen molar-refractivity contribution < 1.29 is 14.7 Å². The second-order valence-electron chi connectivity index (χ2n) is 10.8. The van der Waals surface area contributed by atoms with Crippen molar-refractivity contribution in [2.24, 2.45) is 5.41 Å². The fourth-order valence-corrected chi connectivity index (χ4v) is 4.79. The number of rotatable bonds is 10. The molecule has 3 rings (SSSR count). The highest BCUT2D eigenvalue weighted by Gasteiger charge is 2.28. The summed E-state index contributed by atoms with van der Waals surface area (Å²) in [5, 5.41) is 22.9. The second kappa shape index (κ2) is 12.9. The predicted molar refractivity (Wildman–Crippen MR) is 146 cm³/mol. The fraction of sp³-hybridized carbons (Fsp3) is 0.519. The van der Waals surface area contributed by atoms with Gasteiger partial charge in [-0.25, -0.2) is 9.78 Å². The van der Waals surface area contributed by atoms with Crippen LogP contribution >= 0.6 is 11.6 Å². The van der Waals surface area contributed by atoms with Crippen molar-refractivity contribution in [3.05, 3.63) is 52.4 Å². The van der Waals surface area contributed by atoms with E-state index in [1.807, 2.05) is 46.0 Å². The number of aromatic nitrogens is 2. The Morgan fingerprint density at radius 2 is 1.89 bits per heavy atom. The molecular weight excluding hydrogens is 506 g/mol.